The van der Waals surface area contributed by atoms with Crippen LogP contribution in [-0.4, -0.2) is 34.0 Å². The third-order valence-electron chi connectivity index (χ3n) is 7.94. The average molecular weight is 498 g/mol. The maximum atomic E-state index is 13.8. The van der Waals surface area contributed by atoms with Gasteiger partial charge in [-0.25, -0.2) is 4.90 Å². The van der Waals surface area contributed by atoms with Gasteiger partial charge in [0.1, 0.15) is 5.75 Å². The van der Waals surface area contributed by atoms with E-state index in [9.17, 15) is 29.8 Å². The molecule has 3 aromatic rings. The Hall–Kier alpha value is -4.02. The van der Waals surface area contributed by atoms with Crippen LogP contribution >= 0.6 is 0 Å². The maximum Gasteiger partial charge on any atom is 0.487 e. The van der Waals surface area contributed by atoms with E-state index < -0.39 is 41.8 Å². The van der Waals surface area contributed by atoms with Gasteiger partial charge in [0, 0.05) is 17.5 Å². The van der Waals surface area contributed by atoms with Gasteiger partial charge in [0.05, 0.1) is 28.6 Å². The molecule has 2 fully saturated rings. The summed E-state index contributed by atoms with van der Waals surface area (Å²) in [7, 11) is -1.24. The van der Waals surface area contributed by atoms with E-state index >= 15 is 0 Å². The van der Waals surface area contributed by atoms with Gasteiger partial charge < -0.3 is 14.8 Å². The van der Waals surface area contributed by atoms with Crippen LogP contribution in [0.25, 0.3) is 10.8 Å². The fourth-order valence-corrected chi connectivity index (χ4v) is 6.34. The molecule has 9 nitrogen and oxygen atoms in total. The van der Waals surface area contributed by atoms with Crippen molar-refractivity contribution in [2.24, 2.45) is 17.8 Å². The van der Waals surface area contributed by atoms with E-state index in [1.165, 1.54) is 24.3 Å². The molecule has 2 aliphatic heterocycles. The summed E-state index contributed by atoms with van der Waals surface area (Å²) in [5.74, 6) is -2.46. The monoisotopic (exact) mass is 498 g/mol. The first kappa shape index (κ1) is 23.4. The van der Waals surface area contributed by atoms with Crippen LogP contribution in [0.4, 0.5) is 11.4 Å². The number of hydrogen-bond acceptors (Lipinski definition) is 7. The number of allylic oxidation sites excluding steroid dienone is 2. The topological polar surface area (TPSA) is 130 Å². The molecule has 10 heteroatoms. The van der Waals surface area contributed by atoms with Gasteiger partial charge in [-0.05, 0) is 54.2 Å². The Kier molecular flexibility index (Phi) is 5.39. The summed E-state index contributed by atoms with van der Waals surface area (Å²) in [6, 6.07) is 16.2. The largest absolute Gasteiger partial charge is 0.507 e. The summed E-state index contributed by atoms with van der Waals surface area (Å²) in [5, 5.41) is 34.1. The molecule has 3 aromatic carbocycles. The Morgan fingerprint density at radius 1 is 1.03 bits per heavy atom. The molecule has 0 saturated carbocycles. The number of rotatable bonds is 3. The van der Waals surface area contributed by atoms with Crippen molar-refractivity contribution in [2.45, 2.75) is 25.9 Å². The van der Waals surface area contributed by atoms with Crippen LogP contribution in [0.2, 0.25) is 0 Å². The van der Waals surface area contributed by atoms with Crippen molar-refractivity contribution in [3.63, 3.8) is 0 Å². The molecule has 6 rings (SSSR count). The van der Waals surface area contributed by atoms with Crippen molar-refractivity contribution in [3.8, 4) is 5.75 Å². The molecule has 186 valence electrons. The molecule has 0 bridgehead atoms. The lowest BCUT2D eigenvalue weighted by molar-refractivity contribution is -0.384. The van der Waals surface area contributed by atoms with Crippen LogP contribution in [-0.2, 0) is 14.2 Å². The van der Waals surface area contributed by atoms with Crippen LogP contribution in [0.3, 0.4) is 0 Å². The number of imide groups is 1. The zero-order chi connectivity index (χ0) is 26.0. The number of phenols is 1. The minimum absolute atomic E-state index is 0.133. The second-order valence-corrected chi connectivity index (χ2v) is 9.90. The van der Waals surface area contributed by atoms with E-state index in [0.29, 0.717) is 23.7 Å². The number of amides is 2. The van der Waals surface area contributed by atoms with Gasteiger partial charge in [0.2, 0.25) is 11.8 Å². The summed E-state index contributed by atoms with van der Waals surface area (Å²) in [5.41, 5.74) is 2.19. The lowest BCUT2D eigenvalue weighted by atomic mass is 9.55. The molecule has 1 aliphatic carbocycles. The number of hydrogen-bond donors (Lipinski definition) is 2. The molecule has 0 radical (unpaired) electrons. The lowest BCUT2D eigenvalue weighted by Crippen LogP contribution is -2.44. The summed E-state index contributed by atoms with van der Waals surface area (Å²) in [6.07, 6.45) is 0.0943. The molecule has 2 amide bonds. The molecule has 0 aromatic heterocycles. The molecule has 37 heavy (non-hydrogen) atoms. The molecule has 2 saturated heterocycles. The molecule has 2 heterocycles. The molecule has 0 unspecified atom stereocenters. The van der Waals surface area contributed by atoms with E-state index in [4.69, 9.17) is 4.65 Å². The summed E-state index contributed by atoms with van der Waals surface area (Å²) < 4.78 is 6.06. The van der Waals surface area contributed by atoms with E-state index in [1.54, 1.807) is 18.2 Å². The smallest absolute Gasteiger partial charge is 0.487 e. The molecule has 2 N–H and O–H groups in total. The summed E-state index contributed by atoms with van der Waals surface area (Å²) in [6.45, 7) is 1.84. The number of fused-ring (bicyclic) bond motifs is 4. The van der Waals surface area contributed by atoms with Crippen molar-refractivity contribution >= 4 is 41.1 Å². The number of carbonyl (C=O) groups excluding carboxylic acids is 2. The number of anilines is 1. The first-order chi connectivity index (χ1) is 17.8. The van der Waals surface area contributed by atoms with Gasteiger partial charge in [0.25, 0.3) is 5.69 Å². The Balaban J connectivity index is 1.40. The fourth-order valence-electron chi connectivity index (χ4n) is 6.34. The highest BCUT2D eigenvalue weighted by atomic mass is 16.6. The van der Waals surface area contributed by atoms with Gasteiger partial charge in [-0.1, -0.05) is 42.0 Å². The highest BCUT2D eigenvalue weighted by Crippen LogP contribution is 2.52. The number of benzene rings is 3. The average Bonchev–Trinajstić information content (AvgIpc) is 3.13. The standard InChI is InChI=1S/C27H23BN2O7/c1-14-11-21-24(27(33)29(26(21)32)15-5-4-6-16(12-15)30(35)36)20-13-23(37-28(34)25(14)20)19-9-10-22(31)18-8-3-2-7-17(18)19/h2-10,12,20-21,23-24,31,34H,11,13H2,1H3/t20-,21-,23-,24+/m0/s1. The van der Waals surface area contributed by atoms with Crippen LogP contribution in [0.5, 0.6) is 5.75 Å². The third-order valence-corrected chi connectivity index (χ3v) is 7.94. The van der Waals surface area contributed by atoms with Crippen LogP contribution in [0.1, 0.15) is 31.4 Å². The van der Waals surface area contributed by atoms with E-state index in [2.05, 4.69) is 0 Å². The quantitative estimate of drug-likeness (QED) is 0.241. The summed E-state index contributed by atoms with van der Waals surface area (Å²) in [4.78, 5) is 39.0. The second kappa shape index (κ2) is 8.53. The van der Waals surface area contributed by atoms with Crippen molar-refractivity contribution in [3.05, 3.63) is 87.4 Å². The second-order valence-electron chi connectivity index (χ2n) is 9.90. The van der Waals surface area contributed by atoms with E-state index in [1.807, 2.05) is 25.1 Å². The highest BCUT2D eigenvalue weighted by Gasteiger charge is 2.57. The normalized spacial score (nSPS) is 25.5. The van der Waals surface area contributed by atoms with Crippen molar-refractivity contribution in [2.75, 3.05) is 4.90 Å². The van der Waals surface area contributed by atoms with E-state index in [0.717, 1.165) is 21.4 Å². The van der Waals surface area contributed by atoms with Crippen LogP contribution < -0.4 is 4.90 Å². The summed E-state index contributed by atoms with van der Waals surface area (Å²) >= 11 is 0. The lowest BCUT2D eigenvalue weighted by Gasteiger charge is -2.41. The molecule has 4 atom stereocenters. The first-order valence-corrected chi connectivity index (χ1v) is 12.1. The number of carbonyl (C=O) groups is 2. The number of non-ortho nitro benzene ring substituents is 1. The van der Waals surface area contributed by atoms with Crippen molar-refractivity contribution in [1.29, 1.82) is 0 Å². The Bertz CT molecular complexity index is 1520. The molecular formula is C27H23BN2O7. The number of nitro benzene ring substituents is 1. The van der Waals surface area contributed by atoms with Gasteiger partial charge >= 0.3 is 7.12 Å². The van der Waals surface area contributed by atoms with Crippen LogP contribution in [0, 0.1) is 27.9 Å². The minimum atomic E-state index is -1.24. The van der Waals surface area contributed by atoms with Crippen LogP contribution in [0.15, 0.2) is 71.7 Å². The minimum Gasteiger partial charge on any atom is -0.507 e. The number of nitrogens with zero attached hydrogens (tertiary/aromatic N) is 2. The van der Waals surface area contributed by atoms with E-state index in [-0.39, 0.29) is 23.0 Å². The van der Waals surface area contributed by atoms with Crippen molar-refractivity contribution in [1.82, 2.24) is 0 Å². The number of aromatic hydroxyl groups is 1. The maximum absolute atomic E-state index is 13.8. The van der Waals surface area contributed by atoms with Gasteiger partial charge in [-0.2, -0.15) is 0 Å². The molecule has 0 spiro atoms. The Morgan fingerprint density at radius 3 is 2.54 bits per heavy atom. The zero-order valence-electron chi connectivity index (χ0n) is 19.9. The highest BCUT2D eigenvalue weighted by molar-refractivity contribution is 6.53. The zero-order valence-corrected chi connectivity index (χ0v) is 19.9. The first-order valence-electron chi connectivity index (χ1n) is 12.1. The molecule has 3 aliphatic rings. The van der Waals surface area contributed by atoms with Gasteiger partial charge in [-0.15, -0.1) is 0 Å². The predicted octanol–water partition coefficient (Wildman–Crippen LogP) is 4.08. The number of nitro groups is 1. The third kappa shape index (κ3) is 3.55. The Labute approximate surface area is 212 Å². The molecular weight excluding hydrogens is 475 g/mol. The predicted molar refractivity (Wildman–Crippen MR) is 135 cm³/mol. The fraction of sp³-hybridized carbons (Fsp3) is 0.259. The number of phenolic OH excluding ortho intramolecular Hbond substituents is 1. The van der Waals surface area contributed by atoms with Gasteiger partial charge in [-0.3, -0.25) is 19.7 Å². The SMILES string of the molecule is CC1=C2B(O)O[C@H](c3ccc(O)c4ccccc34)C[C@H]2[C@H]2C(=O)N(c3cccc([N+](=O)[O-])c3)C(=O)[C@H]2C1. The van der Waals surface area contributed by atoms with Gasteiger partial charge in [0.15, 0.2) is 0 Å². The Morgan fingerprint density at radius 2 is 1.78 bits per heavy atom. The van der Waals surface area contributed by atoms with Crippen molar-refractivity contribution < 1.29 is 29.3 Å².